The summed E-state index contributed by atoms with van der Waals surface area (Å²) < 4.78 is 11.3. The van der Waals surface area contributed by atoms with Crippen LogP contribution in [0.3, 0.4) is 0 Å². The number of ether oxygens (including phenoxy) is 2. The van der Waals surface area contributed by atoms with E-state index in [1.165, 1.54) is 0 Å². The van der Waals surface area contributed by atoms with Crippen LogP contribution >= 0.6 is 0 Å². The van der Waals surface area contributed by atoms with Crippen molar-refractivity contribution in [2.24, 2.45) is 5.10 Å². The Balaban J connectivity index is 1.65. The molecule has 5 heteroatoms. The number of benzene rings is 3. The van der Waals surface area contributed by atoms with Gasteiger partial charge in [0.25, 0.3) is 5.91 Å². The molecule has 0 heterocycles. The first-order valence-electron chi connectivity index (χ1n) is 8.64. The van der Waals surface area contributed by atoms with Crippen molar-refractivity contribution in [3.63, 3.8) is 0 Å². The smallest absolute Gasteiger partial charge is 0.275 e. The monoisotopic (exact) mass is 360 g/mol. The van der Waals surface area contributed by atoms with Crippen LogP contribution in [0.5, 0.6) is 17.2 Å². The molecule has 1 amide bonds. The highest BCUT2D eigenvalue weighted by atomic mass is 16.5. The number of hydrogen-bond acceptors (Lipinski definition) is 4. The zero-order valence-corrected chi connectivity index (χ0v) is 15.0. The summed E-state index contributed by atoms with van der Waals surface area (Å²) in [5.41, 5.74) is 3.77. The highest BCUT2D eigenvalue weighted by Crippen LogP contribution is 2.21. The molecule has 0 atom stereocenters. The van der Waals surface area contributed by atoms with Crippen molar-refractivity contribution in [2.75, 3.05) is 6.61 Å². The maximum atomic E-state index is 12.3. The molecule has 0 spiro atoms. The second kappa shape index (κ2) is 9.20. The SMILES string of the molecule is CCOc1ccccc1C(=O)N/N=C\c1cccc(Oc2ccccc2)c1. The van der Waals surface area contributed by atoms with Gasteiger partial charge in [-0.25, -0.2) is 5.43 Å². The fourth-order valence-corrected chi connectivity index (χ4v) is 2.44. The molecule has 3 rings (SSSR count). The molecule has 0 saturated heterocycles. The van der Waals surface area contributed by atoms with Crippen LogP contribution in [0.1, 0.15) is 22.8 Å². The number of carbonyl (C=O) groups excluding carboxylic acids is 1. The second-order valence-corrected chi connectivity index (χ2v) is 5.62. The highest BCUT2D eigenvalue weighted by Gasteiger charge is 2.10. The third-order valence-corrected chi connectivity index (χ3v) is 3.65. The van der Waals surface area contributed by atoms with Gasteiger partial charge in [0.15, 0.2) is 0 Å². The number of nitrogens with one attached hydrogen (secondary N) is 1. The molecule has 3 aromatic carbocycles. The van der Waals surface area contributed by atoms with Gasteiger partial charge < -0.3 is 9.47 Å². The molecule has 3 aromatic rings. The largest absolute Gasteiger partial charge is 0.493 e. The van der Waals surface area contributed by atoms with Crippen molar-refractivity contribution in [3.8, 4) is 17.2 Å². The molecule has 0 fully saturated rings. The molecule has 0 aliphatic heterocycles. The van der Waals surface area contributed by atoms with Crippen LogP contribution in [0.4, 0.5) is 0 Å². The topological polar surface area (TPSA) is 59.9 Å². The summed E-state index contributed by atoms with van der Waals surface area (Å²) >= 11 is 0. The van der Waals surface area contributed by atoms with Gasteiger partial charge in [0.1, 0.15) is 17.2 Å². The summed E-state index contributed by atoms with van der Waals surface area (Å²) in [6, 6.07) is 24.0. The van der Waals surface area contributed by atoms with Gasteiger partial charge in [0.05, 0.1) is 18.4 Å². The van der Waals surface area contributed by atoms with Crippen LogP contribution in [-0.2, 0) is 0 Å². The van der Waals surface area contributed by atoms with Gasteiger partial charge in [-0.1, -0.05) is 42.5 Å². The van der Waals surface area contributed by atoms with Gasteiger partial charge in [-0.2, -0.15) is 5.10 Å². The van der Waals surface area contributed by atoms with Crippen molar-refractivity contribution in [2.45, 2.75) is 6.92 Å². The Kier molecular flexibility index (Phi) is 6.20. The maximum Gasteiger partial charge on any atom is 0.275 e. The van der Waals surface area contributed by atoms with Gasteiger partial charge in [0, 0.05) is 0 Å². The van der Waals surface area contributed by atoms with E-state index in [0.29, 0.717) is 23.7 Å². The standard InChI is InChI=1S/C22H20N2O3/c1-2-26-21-14-7-6-13-20(21)22(25)24-23-16-17-9-8-12-19(15-17)27-18-10-4-3-5-11-18/h3-16H,2H2,1H3,(H,24,25)/b23-16-. The van der Waals surface area contributed by atoms with E-state index < -0.39 is 0 Å². The molecule has 0 unspecified atom stereocenters. The summed E-state index contributed by atoms with van der Waals surface area (Å²) in [4.78, 5) is 12.3. The highest BCUT2D eigenvalue weighted by molar-refractivity contribution is 5.97. The maximum absolute atomic E-state index is 12.3. The third kappa shape index (κ3) is 5.19. The van der Waals surface area contributed by atoms with Crippen molar-refractivity contribution in [3.05, 3.63) is 90.0 Å². The number of nitrogens with zero attached hydrogens (tertiary/aromatic N) is 1. The molecule has 1 N–H and O–H groups in total. The quantitative estimate of drug-likeness (QED) is 0.493. The van der Waals surface area contributed by atoms with Gasteiger partial charge in [-0.15, -0.1) is 0 Å². The van der Waals surface area contributed by atoms with Gasteiger partial charge in [-0.3, -0.25) is 4.79 Å². The lowest BCUT2D eigenvalue weighted by Crippen LogP contribution is -2.18. The van der Waals surface area contributed by atoms with E-state index >= 15 is 0 Å². The van der Waals surface area contributed by atoms with Gasteiger partial charge >= 0.3 is 0 Å². The predicted molar refractivity (Wildman–Crippen MR) is 106 cm³/mol. The zero-order valence-electron chi connectivity index (χ0n) is 15.0. The summed E-state index contributed by atoms with van der Waals surface area (Å²) in [5, 5.41) is 4.03. The minimum atomic E-state index is -0.327. The molecule has 27 heavy (non-hydrogen) atoms. The number of rotatable bonds is 7. The lowest BCUT2D eigenvalue weighted by molar-refractivity contribution is 0.0951. The van der Waals surface area contributed by atoms with Crippen LogP contribution in [0.15, 0.2) is 84.0 Å². The Bertz CT molecular complexity index is 924. The lowest BCUT2D eigenvalue weighted by Gasteiger charge is -2.08. The number of para-hydroxylation sites is 2. The van der Waals surface area contributed by atoms with Gasteiger partial charge in [0.2, 0.25) is 0 Å². The molecule has 136 valence electrons. The normalized spacial score (nSPS) is 10.6. The lowest BCUT2D eigenvalue weighted by atomic mass is 10.2. The summed E-state index contributed by atoms with van der Waals surface area (Å²) in [7, 11) is 0. The fourth-order valence-electron chi connectivity index (χ4n) is 2.44. The van der Waals surface area contributed by atoms with Crippen molar-refractivity contribution in [1.82, 2.24) is 5.43 Å². The molecule has 0 aliphatic rings. The van der Waals surface area contributed by atoms with Crippen molar-refractivity contribution in [1.29, 1.82) is 0 Å². The summed E-state index contributed by atoms with van der Waals surface area (Å²) in [5.74, 6) is 1.66. The van der Waals surface area contributed by atoms with E-state index in [1.807, 2.05) is 67.6 Å². The average molecular weight is 360 g/mol. The molecule has 0 saturated carbocycles. The number of hydrazone groups is 1. The molecular formula is C22H20N2O3. The Morgan fingerprint density at radius 3 is 2.52 bits per heavy atom. The molecule has 0 aromatic heterocycles. The third-order valence-electron chi connectivity index (χ3n) is 3.65. The van der Waals surface area contributed by atoms with Crippen molar-refractivity contribution >= 4 is 12.1 Å². The van der Waals surface area contributed by atoms with Gasteiger partial charge in [-0.05, 0) is 48.9 Å². The summed E-state index contributed by atoms with van der Waals surface area (Å²) in [6.45, 7) is 2.36. The minimum absolute atomic E-state index is 0.327. The van der Waals surface area contributed by atoms with E-state index in [0.717, 1.165) is 11.3 Å². The average Bonchev–Trinajstić information content (AvgIpc) is 2.70. The van der Waals surface area contributed by atoms with E-state index in [2.05, 4.69) is 10.5 Å². The predicted octanol–water partition coefficient (Wildman–Crippen LogP) is 4.64. The fraction of sp³-hybridized carbons (Fsp3) is 0.0909. The Morgan fingerprint density at radius 2 is 1.70 bits per heavy atom. The van der Waals surface area contributed by atoms with Crippen LogP contribution in [0.2, 0.25) is 0 Å². The van der Waals surface area contributed by atoms with Crippen LogP contribution in [0, 0.1) is 0 Å². The number of carbonyl (C=O) groups is 1. The van der Waals surface area contributed by atoms with E-state index in [4.69, 9.17) is 9.47 Å². The Hall–Kier alpha value is -3.60. The molecule has 5 nitrogen and oxygen atoms in total. The molecule has 0 aliphatic carbocycles. The van der Waals surface area contributed by atoms with Crippen LogP contribution in [-0.4, -0.2) is 18.7 Å². The van der Waals surface area contributed by atoms with Crippen LogP contribution < -0.4 is 14.9 Å². The van der Waals surface area contributed by atoms with E-state index in [9.17, 15) is 4.79 Å². The first-order chi connectivity index (χ1) is 13.3. The van der Waals surface area contributed by atoms with Crippen LogP contribution in [0.25, 0.3) is 0 Å². The first-order valence-corrected chi connectivity index (χ1v) is 8.64. The summed E-state index contributed by atoms with van der Waals surface area (Å²) in [6.07, 6.45) is 1.57. The van der Waals surface area contributed by atoms with E-state index in [1.54, 1.807) is 24.4 Å². The van der Waals surface area contributed by atoms with E-state index in [-0.39, 0.29) is 5.91 Å². The molecule has 0 radical (unpaired) electrons. The second-order valence-electron chi connectivity index (χ2n) is 5.62. The van der Waals surface area contributed by atoms with Crippen molar-refractivity contribution < 1.29 is 14.3 Å². The minimum Gasteiger partial charge on any atom is -0.493 e. The Morgan fingerprint density at radius 1 is 0.963 bits per heavy atom. The molecule has 0 bridgehead atoms. The number of hydrogen-bond donors (Lipinski definition) is 1. The molecular weight excluding hydrogens is 340 g/mol. The Labute approximate surface area is 158 Å². The zero-order chi connectivity index (χ0) is 18.9. The first kappa shape index (κ1) is 18.2. The number of amides is 1.